The molecule has 1 atom stereocenters. The highest BCUT2D eigenvalue weighted by atomic mass is 16.3. The van der Waals surface area contributed by atoms with Crippen LogP contribution in [0, 0.1) is 0 Å². The Hall–Kier alpha value is -2.11. The first-order valence-electron chi connectivity index (χ1n) is 6.90. The van der Waals surface area contributed by atoms with Crippen LogP contribution in [0.1, 0.15) is 53.7 Å². The zero-order valence-electron chi connectivity index (χ0n) is 11.6. The Morgan fingerprint density at radius 2 is 2.40 bits per heavy atom. The summed E-state index contributed by atoms with van der Waals surface area (Å²) in [5.41, 5.74) is 2.76. The number of oxazole rings is 1. The molecule has 1 amide bonds. The van der Waals surface area contributed by atoms with Crippen LogP contribution < -0.4 is 5.32 Å². The summed E-state index contributed by atoms with van der Waals surface area (Å²) in [4.78, 5) is 16.3. The summed E-state index contributed by atoms with van der Waals surface area (Å²) >= 11 is 0. The van der Waals surface area contributed by atoms with Gasteiger partial charge < -0.3 is 9.73 Å². The van der Waals surface area contributed by atoms with Crippen LogP contribution in [0.15, 0.2) is 17.0 Å². The molecular formula is C14H18N4O2. The van der Waals surface area contributed by atoms with Gasteiger partial charge >= 0.3 is 0 Å². The highest BCUT2D eigenvalue weighted by Crippen LogP contribution is 2.21. The van der Waals surface area contributed by atoms with Crippen molar-refractivity contribution >= 4 is 5.91 Å². The van der Waals surface area contributed by atoms with Gasteiger partial charge in [0.25, 0.3) is 5.91 Å². The van der Waals surface area contributed by atoms with Gasteiger partial charge in [-0.2, -0.15) is 5.10 Å². The minimum Gasteiger partial charge on any atom is -0.447 e. The van der Waals surface area contributed by atoms with E-state index in [2.05, 4.69) is 20.5 Å². The number of nitrogens with one attached hydrogen (secondary N) is 2. The Balaban J connectivity index is 1.69. The van der Waals surface area contributed by atoms with Crippen molar-refractivity contribution in [3.63, 3.8) is 0 Å². The van der Waals surface area contributed by atoms with Crippen molar-refractivity contribution in [2.45, 2.75) is 45.1 Å². The van der Waals surface area contributed by atoms with Crippen molar-refractivity contribution in [3.05, 3.63) is 35.3 Å². The number of rotatable bonds is 3. The lowest BCUT2D eigenvalue weighted by atomic mass is 9.93. The number of aromatic amines is 1. The molecule has 0 saturated carbocycles. The van der Waals surface area contributed by atoms with Gasteiger partial charge in [0.05, 0.1) is 6.20 Å². The molecule has 3 rings (SSSR count). The maximum absolute atomic E-state index is 12.3. The molecule has 6 nitrogen and oxygen atoms in total. The van der Waals surface area contributed by atoms with Crippen molar-refractivity contribution in [3.8, 4) is 0 Å². The molecule has 2 heterocycles. The number of aryl methyl sites for hydroxylation is 1. The van der Waals surface area contributed by atoms with E-state index in [0.717, 1.165) is 25.0 Å². The molecule has 106 valence electrons. The Morgan fingerprint density at radius 1 is 1.55 bits per heavy atom. The van der Waals surface area contributed by atoms with Gasteiger partial charge in [-0.1, -0.05) is 13.8 Å². The third kappa shape index (κ3) is 2.33. The third-order valence-corrected chi connectivity index (χ3v) is 3.69. The van der Waals surface area contributed by atoms with Crippen LogP contribution in [-0.2, 0) is 12.8 Å². The van der Waals surface area contributed by atoms with E-state index in [1.54, 1.807) is 0 Å². The van der Waals surface area contributed by atoms with Crippen LogP contribution in [0.2, 0.25) is 0 Å². The molecule has 1 aliphatic rings. The standard InChI is InChI=1S/C14H18N4O2/c1-8(2)13-12(15-7-20-13)14(19)17-10-4-3-9-6-16-18-11(9)5-10/h6-8,10H,3-5H2,1-2H3,(H,16,18)(H,17,19)/t10-/m0/s1. The Kier molecular flexibility index (Phi) is 3.30. The van der Waals surface area contributed by atoms with Gasteiger partial charge in [-0.3, -0.25) is 9.89 Å². The van der Waals surface area contributed by atoms with Crippen LogP contribution in [-0.4, -0.2) is 27.1 Å². The van der Waals surface area contributed by atoms with E-state index < -0.39 is 0 Å². The lowest BCUT2D eigenvalue weighted by Crippen LogP contribution is -2.39. The molecule has 2 N–H and O–H groups in total. The van der Waals surface area contributed by atoms with Gasteiger partial charge in [-0.25, -0.2) is 4.98 Å². The fraction of sp³-hybridized carbons (Fsp3) is 0.500. The average molecular weight is 274 g/mol. The molecule has 0 bridgehead atoms. The summed E-state index contributed by atoms with van der Waals surface area (Å²) in [6.07, 6.45) is 5.84. The van der Waals surface area contributed by atoms with E-state index in [9.17, 15) is 4.79 Å². The molecule has 1 aliphatic carbocycles. The van der Waals surface area contributed by atoms with Crippen molar-refractivity contribution in [1.29, 1.82) is 0 Å². The number of hydrogen-bond donors (Lipinski definition) is 2. The van der Waals surface area contributed by atoms with Gasteiger partial charge in [0.15, 0.2) is 12.1 Å². The van der Waals surface area contributed by atoms with Gasteiger partial charge in [0.2, 0.25) is 0 Å². The topological polar surface area (TPSA) is 83.8 Å². The van der Waals surface area contributed by atoms with E-state index in [-0.39, 0.29) is 17.9 Å². The molecule has 2 aromatic rings. The number of hydrogen-bond acceptors (Lipinski definition) is 4. The second-order valence-electron chi connectivity index (χ2n) is 5.51. The maximum atomic E-state index is 12.3. The first kappa shape index (κ1) is 12.9. The van der Waals surface area contributed by atoms with E-state index in [1.807, 2.05) is 20.0 Å². The molecular weight excluding hydrogens is 256 g/mol. The molecule has 0 radical (unpaired) electrons. The molecule has 2 aromatic heterocycles. The van der Waals surface area contributed by atoms with E-state index >= 15 is 0 Å². The van der Waals surface area contributed by atoms with Crippen LogP contribution in [0.3, 0.4) is 0 Å². The summed E-state index contributed by atoms with van der Waals surface area (Å²) in [6.45, 7) is 3.96. The molecule has 0 saturated heterocycles. The molecule has 0 spiro atoms. The molecule has 0 aromatic carbocycles. The number of carbonyl (C=O) groups excluding carboxylic acids is 1. The largest absolute Gasteiger partial charge is 0.447 e. The van der Waals surface area contributed by atoms with Gasteiger partial charge in [0.1, 0.15) is 5.76 Å². The second kappa shape index (κ2) is 5.11. The highest BCUT2D eigenvalue weighted by molar-refractivity contribution is 5.93. The smallest absolute Gasteiger partial charge is 0.273 e. The number of carbonyl (C=O) groups is 1. The van der Waals surface area contributed by atoms with Crippen LogP contribution in [0.5, 0.6) is 0 Å². The van der Waals surface area contributed by atoms with Crippen molar-refractivity contribution < 1.29 is 9.21 Å². The molecule has 0 unspecified atom stereocenters. The first-order chi connectivity index (χ1) is 9.65. The van der Waals surface area contributed by atoms with E-state index in [0.29, 0.717) is 11.5 Å². The Labute approximate surface area is 117 Å². The monoisotopic (exact) mass is 274 g/mol. The van der Waals surface area contributed by atoms with Gasteiger partial charge in [0, 0.05) is 24.1 Å². The lowest BCUT2D eigenvalue weighted by Gasteiger charge is -2.22. The van der Waals surface area contributed by atoms with Crippen molar-refractivity contribution in [2.75, 3.05) is 0 Å². The van der Waals surface area contributed by atoms with Crippen LogP contribution in [0.4, 0.5) is 0 Å². The minimum absolute atomic E-state index is 0.118. The number of nitrogens with zero attached hydrogens (tertiary/aromatic N) is 2. The normalized spacial score (nSPS) is 18.1. The summed E-state index contributed by atoms with van der Waals surface area (Å²) in [6, 6.07) is 0.118. The third-order valence-electron chi connectivity index (χ3n) is 3.69. The van der Waals surface area contributed by atoms with Crippen LogP contribution >= 0.6 is 0 Å². The molecule has 0 aliphatic heterocycles. The highest BCUT2D eigenvalue weighted by Gasteiger charge is 2.25. The predicted molar refractivity (Wildman–Crippen MR) is 72.5 cm³/mol. The van der Waals surface area contributed by atoms with Crippen LogP contribution in [0.25, 0.3) is 0 Å². The zero-order chi connectivity index (χ0) is 14.1. The van der Waals surface area contributed by atoms with E-state index in [4.69, 9.17) is 4.42 Å². The van der Waals surface area contributed by atoms with Crippen molar-refractivity contribution in [1.82, 2.24) is 20.5 Å². The summed E-state index contributed by atoms with van der Waals surface area (Å²) in [5.74, 6) is 0.625. The van der Waals surface area contributed by atoms with E-state index in [1.165, 1.54) is 12.0 Å². The number of H-pyrrole nitrogens is 1. The average Bonchev–Trinajstić information content (AvgIpc) is 3.06. The molecule has 0 fully saturated rings. The number of aromatic nitrogens is 3. The molecule has 20 heavy (non-hydrogen) atoms. The lowest BCUT2D eigenvalue weighted by molar-refractivity contribution is 0.0926. The first-order valence-corrected chi connectivity index (χ1v) is 6.90. The number of amides is 1. The Bertz CT molecular complexity index is 614. The second-order valence-corrected chi connectivity index (χ2v) is 5.51. The quantitative estimate of drug-likeness (QED) is 0.894. The summed E-state index contributed by atoms with van der Waals surface area (Å²) < 4.78 is 5.29. The summed E-state index contributed by atoms with van der Waals surface area (Å²) in [7, 11) is 0. The fourth-order valence-electron chi connectivity index (χ4n) is 2.62. The van der Waals surface area contributed by atoms with Gasteiger partial charge in [-0.05, 0) is 18.4 Å². The fourth-order valence-corrected chi connectivity index (χ4v) is 2.62. The predicted octanol–water partition coefficient (Wildman–Crippen LogP) is 1.81. The zero-order valence-corrected chi connectivity index (χ0v) is 11.6. The minimum atomic E-state index is -0.157. The maximum Gasteiger partial charge on any atom is 0.273 e. The SMILES string of the molecule is CC(C)c1ocnc1C(=O)N[C@H]1CCc2cn[nH]c2C1. The Morgan fingerprint density at radius 3 is 3.20 bits per heavy atom. The van der Waals surface area contributed by atoms with Crippen molar-refractivity contribution in [2.24, 2.45) is 0 Å². The number of fused-ring (bicyclic) bond motifs is 1. The summed E-state index contributed by atoms with van der Waals surface area (Å²) in [5, 5.41) is 10.1. The molecule has 6 heteroatoms. The van der Waals surface area contributed by atoms with Gasteiger partial charge in [-0.15, -0.1) is 0 Å².